The maximum Gasteiger partial charge on any atom is 0.257 e. The Kier molecular flexibility index (Phi) is 4.28. The molecule has 5 heteroatoms. The molecule has 3 rings (SSSR count). The van der Waals surface area contributed by atoms with Crippen LogP contribution in [0.2, 0.25) is 0 Å². The van der Waals surface area contributed by atoms with Gasteiger partial charge in [0, 0.05) is 12.5 Å². The zero-order valence-electron chi connectivity index (χ0n) is 12.7. The first-order valence-corrected chi connectivity index (χ1v) is 7.54. The van der Waals surface area contributed by atoms with E-state index in [0.717, 1.165) is 35.4 Å². The fourth-order valence-corrected chi connectivity index (χ4v) is 2.78. The van der Waals surface area contributed by atoms with Crippen LogP contribution in [0.25, 0.3) is 0 Å². The van der Waals surface area contributed by atoms with Gasteiger partial charge in [0.25, 0.3) is 5.91 Å². The highest BCUT2D eigenvalue weighted by Gasteiger charge is 2.19. The number of benzene rings is 2. The van der Waals surface area contributed by atoms with Crippen LogP contribution in [-0.4, -0.2) is 18.6 Å². The standard InChI is InChI=1S/C18H17F2NO2/c1-11(9-12-5-6-16-13(10-12)7-8-23-16)21-18(22)17-14(19)3-2-4-15(17)20/h2-6,10-11H,7-9H2,1H3,(H,21,22). The smallest absolute Gasteiger partial charge is 0.257 e. The molecule has 2 aromatic rings. The first-order valence-electron chi connectivity index (χ1n) is 7.54. The minimum Gasteiger partial charge on any atom is -0.493 e. The molecule has 120 valence electrons. The van der Waals surface area contributed by atoms with Crippen molar-refractivity contribution in [2.75, 3.05) is 6.61 Å². The van der Waals surface area contributed by atoms with Crippen LogP contribution in [0.15, 0.2) is 36.4 Å². The van der Waals surface area contributed by atoms with E-state index in [1.807, 2.05) is 12.1 Å². The zero-order valence-corrected chi connectivity index (χ0v) is 12.7. The van der Waals surface area contributed by atoms with Gasteiger partial charge in [-0.3, -0.25) is 4.79 Å². The minimum absolute atomic E-state index is 0.248. The molecule has 1 atom stereocenters. The second-order valence-corrected chi connectivity index (χ2v) is 5.72. The SMILES string of the molecule is CC(Cc1ccc2c(c1)CCO2)NC(=O)c1c(F)cccc1F. The molecule has 1 heterocycles. The van der Waals surface area contributed by atoms with Crippen molar-refractivity contribution in [2.45, 2.75) is 25.8 Å². The van der Waals surface area contributed by atoms with Crippen molar-refractivity contribution < 1.29 is 18.3 Å². The van der Waals surface area contributed by atoms with Crippen molar-refractivity contribution in [2.24, 2.45) is 0 Å². The molecule has 0 bridgehead atoms. The number of hydrogen-bond donors (Lipinski definition) is 1. The highest BCUT2D eigenvalue weighted by atomic mass is 19.1. The molecule has 1 aliphatic rings. The molecular formula is C18H17F2NO2. The van der Waals surface area contributed by atoms with Gasteiger partial charge in [-0.15, -0.1) is 0 Å². The molecule has 1 aliphatic heterocycles. The lowest BCUT2D eigenvalue weighted by molar-refractivity contribution is 0.0931. The Hall–Kier alpha value is -2.43. The Morgan fingerprint density at radius 3 is 2.74 bits per heavy atom. The van der Waals surface area contributed by atoms with E-state index in [0.29, 0.717) is 13.0 Å². The van der Waals surface area contributed by atoms with Gasteiger partial charge in [0.2, 0.25) is 0 Å². The van der Waals surface area contributed by atoms with Crippen molar-refractivity contribution >= 4 is 5.91 Å². The number of carbonyl (C=O) groups is 1. The van der Waals surface area contributed by atoms with Gasteiger partial charge in [-0.1, -0.05) is 18.2 Å². The topological polar surface area (TPSA) is 38.3 Å². The molecule has 1 N–H and O–H groups in total. The Bertz CT molecular complexity index is 726. The van der Waals surface area contributed by atoms with E-state index < -0.39 is 23.1 Å². The van der Waals surface area contributed by atoms with Crippen molar-refractivity contribution in [1.29, 1.82) is 0 Å². The van der Waals surface area contributed by atoms with E-state index in [1.54, 1.807) is 6.92 Å². The van der Waals surface area contributed by atoms with E-state index in [1.165, 1.54) is 6.07 Å². The number of ether oxygens (including phenoxy) is 1. The summed E-state index contributed by atoms with van der Waals surface area (Å²) in [6.07, 6.45) is 1.46. The molecule has 0 saturated carbocycles. The van der Waals surface area contributed by atoms with Crippen LogP contribution >= 0.6 is 0 Å². The van der Waals surface area contributed by atoms with Crippen LogP contribution in [0.1, 0.15) is 28.4 Å². The number of carbonyl (C=O) groups excluding carboxylic acids is 1. The first kappa shape index (κ1) is 15.5. The van der Waals surface area contributed by atoms with E-state index in [4.69, 9.17) is 4.74 Å². The summed E-state index contributed by atoms with van der Waals surface area (Å²) in [6, 6.07) is 9.04. The van der Waals surface area contributed by atoms with Crippen LogP contribution in [0, 0.1) is 11.6 Å². The lowest BCUT2D eigenvalue weighted by Gasteiger charge is -2.15. The van der Waals surface area contributed by atoms with Crippen LogP contribution in [0.5, 0.6) is 5.75 Å². The molecule has 0 spiro atoms. The molecule has 2 aromatic carbocycles. The van der Waals surface area contributed by atoms with Gasteiger partial charge in [-0.25, -0.2) is 8.78 Å². The maximum atomic E-state index is 13.6. The summed E-state index contributed by atoms with van der Waals surface area (Å²) in [4.78, 5) is 12.1. The number of rotatable bonds is 4. The fraction of sp³-hybridized carbons (Fsp3) is 0.278. The van der Waals surface area contributed by atoms with E-state index >= 15 is 0 Å². The van der Waals surface area contributed by atoms with Crippen LogP contribution in [0.3, 0.4) is 0 Å². The second kappa shape index (κ2) is 6.36. The van der Waals surface area contributed by atoms with Gasteiger partial charge in [0.1, 0.15) is 22.9 Å². The summed E-state index contributed by atoms with van der Waals surface area (Å²) in [6.45, 7) is 2.50. The molecule has 3 nitrogen and oxygen atoms in total. The lowest BCUT2D eigenvalue weighted by atomic mass is 10.0. The molecule has 0 fully saturated rings. The average molecular weight is 317 g/mol. The number of hydrogen-bond acceptors (Lipinski definition) is 2. The Morgan fingerprint density at radius 2 is 2.00 bits per heavy atom. The van der Waals surface area contributed by atoms with Crippen LogP contribution in [0.4, 0.5) is 8.78 Å². The summed E-state index contributed by atoms with van der Waals surface area (Å²) in [7, 11) is 0. The summed E-state index contributed by atoms with van der Waals surface area (Å²) in [5, 5.41) is 2.64. The number of fused-ring (bicyclic) bond motifs is 1. The highest BCUT2D eigenvalue weighted by Crippen LogP contribution is 2.26. The number of amides is 1. The summed E-state index contributed by atoms with van der Waals surface area (Å²) in [5.41, 5.74) is 1.67. The maximum absolute atomic E-state index is 13.6. The minimum atomic E-state index is -0.857. The predicted molar refractivity (Wildman–Crippen MR) is 82.6 cm³/mol. The second-order valence-electron chi connectivity index (χ2n) is 5.72. The van der Waals surface area contributed by atoms with E-state index in [-0.39, 0.29) is 6.04 Å². The van der Waals surface area contributed by atoms with Gasteiger partial charge < -0.3 is 10.1 Å². The third kappa shape index (κ3) is 3.33. The normalized spacial score (nSPS) is 14.0. The van der Waals surface area contributed by atoms with Crippen molar-refractivity contribution in [3.05, 3.63) is 64.7 Å². The van der Waals surface area contributed by atoms with Crippen molar-refractivity contribution in [3.63, 3.8) is 0 Å². The van der Waals surface area contributed by atoms with E-state index in [9.17, 15) is 13.6 Å². The quantitative estimate of drug-likeness (QED) is 0.940. The average Bonchev–Trinajstić information content (AvgIpc) is 2.94. The number of halogens is 2. The summed E-state index contributed by atoms with van der Waals surface area (Å²) >= 11 is 0. The van der Waals surface area contributed by atoms with Gasteiger partial charge in [0.15, 0.2) is 0 Å². The lowest BCUT2D eigenvalue weighted by Crippen LogP contribution is -2.35. The monoisotopic (exact) mass is 317 g/mol. The molecule has 0 saturated heterocycles. The Labute approximate surface area is 133 Å². The highest BCUT2D eigenvalue weighted by molar-refractivity contribution is 5.94. The molecule has 1 unspecified atom stereocenters. The van der Waals surface area contributed by atoms with Crippen LogP contribution < -0.4 is 10.1 Å². The predicted octanol–water partition coefficient (Wildman–Crippen LogP) is 3.26. The van der Waals surface area contributed by atoms with Gasteiger partial charge in [0.05, 0.1) is 6.61 Å². The summed E-state index contributed by atoms with van der Waals surface area (Å²) < 4.78 is 32.7. The van der Waals surface area contributed by atoms with Crippen molar-refractivity contribution in [1.82, 2.24) is 5.32 Å². The van der Waals surface area contributed by atoms with Crippen molar-refractivity contribution in [3.8, 4) is 5.75 Å². The number of nitrogens with one attached hydrogen (secondary N) is 1. The van der Waals surface area contributed by atoms with E-state index in [2.05, 4.69) is 11.4 Å². The molecule has 23 heavy (non-hydrogen) atoms. The zero-order chi connectivity index (χ0) is 16.4. The first-order chi connectivity index (χ1) is 11.0. The fourth-order valence-electron chi connectivity index (χ4n) is 2.78. The van der Waals surface area contributed by atoms with Gasteiger partial charge in [-0.05, 0) is 42.7 Å². The summed E-state index contributed by atoms with van der Waals surface area (Å²) in [5.74, 6) is -1.55. The molecular weight excluding hydrogens is 300 g/mol. The molecule has 1 amide bonds. The molecule has 0 radical (unpaired) electrons. The molecule has 0 aromatic heterocycles. The largest absolute Gasteiger partial charge is 0.493 e. The van der Waals surface area contributed by atoms with Gasteiger partial charge in [-0.2, -0.15) is 0 Å². The third-order valence-corrected chi connectivity index (χ3v) is 3.86. The Balaban J connectivity index is 1.67. The molecule has 0 aliphatic carbocycles. The van der Waals surface area contributed by atoms with Crippen LogP contribution in [-0.2, 0) is 12.8 Å². The Morgan fingerprint density at radius 1 is 1.26 bits per heavy atom. The van der Waals surface area contributed by atoms with Gasteiger partial charge >= 0.3 is 0 Å². The third-order valence-electron chi connectivity index (χ3n) is 3.86.